The summed E-state index contributed by atoms with van der Waals surface area (Å²) in [4.78, 5) is 23.0. The number of imidazole rings is 1. The van der Waals surface area contributed by atoms with Crippen molar-refractivity contribution in [2.75, 3.05) is 13.2 Å². The van der Waals surface area contributed by atoms with Crippen molar-refractivity contribution in [2.45, 2.75) is 6.92 Å². The molecule has 1 heterocycles. The average Bonchev–Trinajstić information content (AvgIpc) is 2.76. The van der Waals surface area contributed by atoms with E-state index < -0.39 is 0 Å². The molecule has 0 aliphatic rings. The molecule has 80 valence electrons. The molecule has 0 unspecified atom stereocenters. The van der Waals surface area contributed by atoms with Gasteiger partial charge in [-0.2, -0.15) is 0 Å². The molecule has 0 spiro atoms. The average molecular weight is 207 g/mol. The standard InChI is InChI=1S/C9H13N5O/c1-8(4-12-6-10)13-5-9(15)14-3-2-11-7-14/h2-4,7H,5-6,10H2,1H3. The first kappa shape index (κ1) is 11.3. The second kappa shape index (κ2) is 5.82. The van der Waals surface area contributed by atoms with Crippen molar-refractivity contribution in [3.05, 3.63) is 18.7 Å². The Kier molecular flexibility index (Phi) is 4.36. The minimum Gasteiger partial charge on any atom is -0.312 e. The van der Waals surface area contributed by atoms with Gasteiger partial charge in [-0.15, -0.1) is 0 Å². The minimum atomic E-state index is -0.131. The summed E-state index contributed by atoms with van der Waals surface area (Å²) >= 11 is 0. The molecule has 0 radical (unpaired) electrons. The van der Waals surface area contributed by atoms with Crippen LogP contribution >= 0.6 is 0 Å². The summed E-state index contributed by atoms with van der Waals surface area (Å²) in [6, 6.07) is 0. The number of carbonyl (C=O) groups excluding carboxylic acids is 1. The van der Waals surface area contributed by atoms with Crippen LogP contribution in [0.5, 0.6) is 0 Å². The second-order valence-electron chi connectivity index (χ2n) is 2.82. The third-order valence-electron chi connectivity index (χ3n) is 1.64. The molecular weight excluding hydrogens is 194 g/mol. The second-order valence-corrected chi connectivity index (χ2v) is 2.82. The van der Waals surface area contributed by atoms with Crippen LogP contribution in [0.3, 0.4) is 0 Å². The summed E-state index contributed by atoms with van der Waals surface area (Å²) in [6.45, 7) is 2.07. The Morgan fingerprint density at radius 1 is 1.67 bits per heavy atom. The Hall–Kier alpha value is -1.82. The number of rotatable bonds is 4. The van der Waals surface area contributed by atoms with E-state index in [1.54, 1.807) is 25.5 Å². The molecule has 0 saturated heterocycles. The van der Waals surface area contributed by atoms with Crippen LogP contribution in [0.4, 0.5) is 0 Å². The first-order valence-corrected chi connectivity index (χ1v) is 4.46. The van der Waals surface area contributed by atoms with Crippen molar-refractivity contribution in [1.29, 1.82) is 0 Å². The number of hydrogen-bond donors (Lipinski definition) is 1. The molecule has 1 aromatic rings. The van der Waals surface area contributed by atoms with Gasteiger partial charge < -0.3 is 5.73 Å². The van der Waals surface area contributed by atoms with Gasteiger partial charge in [0.1, 0.15) is 12.9 Å². The van der Waals surface area contributed by atoms with E-state index in [1.165, 1.54) is 10.9 Å². The summed E-state index contributed by atoms with van der Waals surface area (Å²) in [5.74, 6) is -0.131. The molecule has 0 aliphatic carbocycles. The van der Waals surface area contributed by atoms with Crippen LogP contribution < -0.4 is 5.73 Å². The summed E-state index contributed by atoms with van der Waals surface area (Å²) in [5, 5.41) is 0. The number of nitrogens with zero attached hydrogens (tertiary/aromatic N) is 4. The zero-order valence-electron chi connectivity index (χ0n) is 8.50. The van der Waals surface area contributed by atoms with Gasteiger partial charge in [-0.3, -0.25) is 19.3 Å². The monoisotopic (exact) mass is 207 g/mol. The summed E-state index contributed by atoms with van der Waals surface area (Å²) < 4.78 is 1.39. The van der Waals surface area contributed by atoms with Crippen molar-refractivity contribution < 1.29 is 4.79 Å². The Balaban J connectivity index is 2.50. The van der Waals surface area contributed by atoms with Crippen molar-refractivity contribution in [1.82, 2.24) is 9.55 Å². The highest BCUT2D eigenvalue weighted by molar-refractivity contribution is 6.29. The topological polar surface area (TPSA) is 85.6 Å². The van der Waals surface area contributed by atoms with E-state index in [4.69, 9.17) is 5.73 Å². The normalized spacial score (nSPS) is 12.3. The maximum atomic E-state index is 11.4. The fourth-order valence-electron chi connectivity index (χ4n) is 0.906. The molecule has 0 aromatic carbocycles. The predicted molar refractivity (Wildman–Crippen MR) is 58.4 cm³/mol. The lowest BCUT2D eigenvalue weighted by Gasteiger charge is -1.96. The maximum absolute atomic E-state index is 11.4. The smallest absolute Gasteiger partial charge is 0.253 e. The fraction of sp³-hybridized carbons (Fsp3) is 0.333. The molecule has 1 rings (SSSR count). The van der Waals surface area contributed by atoms with Crippen molar-refractivity contribution >= 4 is 17.8 Å². The highest BCUT2D eigenvalue weighted by atomic mass is 16.2. The van der Waals surface area contributed by atoms with Crippen LogP contribution in [-0.4, -0.2) is 40.6 Å². The first-order valence-electron chi connectivity index (χ1n) is 4.46. The molecule has 0 saturated carbocycles. The third kappa shape index (κ3) is 3.82. The van der Waals surface area contributed by atoms with Gasteiger partial charge in [0.05, 0.1) is 12.4 Å². The van der Waals surface area contributed by atoms with E-state index in [0.717, 1.165) is 0 Å². The Morgan fingerprint density at radius 3 is 3.07 bits per heavy atom. The Labute approximate surface area is 87.6 Å². The lowest BCUT2D eigenvalue weighted by molar-refractivity contribution is 0.0924. The highest BCUT2D eigenvalue weighted by Gasteiger charge is 2.01. The largest absolute Gasteiger partial charge is 0.312 e. The van der Waals surface area contributed by atoms with E-state index in [0.29, 0.717) is 5.71 Å². The summed E-state index contributed by atoms with van der Waals surface area (Å²) in [6.07, 6.45) is 6.12. The van der Waals surface area contributed by atoms with Crippen molar-refractivity contribution in [2.24, 2.45) is 15.7 Å². The van der Waals surface area contributed by atoms with Crippen LogP contribution in [0.1, 0.15) is 11.7 Å². The number of hydrogen-bond acceptors (Lipinski definition) is 5. The van der Waals surface area contributed by atoms with Gasteiger partial charge in [0.15, 0.2) is 0 Å². The lowest BCUT2D eigenvalue weighted by atomic mass is 10.4. The van der Waals surface area contributed by atoms with Crippen LogP contribution in [0.2, 0.25) is 0 Å². The molecule has 0 bridgehead atoms. The highest BCUT2D eigenvalue weighted by Crippen LogP contribution is 1.87. The molecule has 0 atom stereocenters. The lowest BCUT2D eigenvalue weighted by Crippen LogP contribution is -2.13. The zero-order chi connectivity index (χ0) is 11.1. The quantitative estimate of drug-likeness (QED) is 0.703. The van der Waals surface area contributed by atoms with Gasteiger partial charge >= 0.3 is 0 Å². The predicted octanol–water partition coefficient (Wildman–Crippen LogP) is -0.0288. The molecule has 15 heavy (non-hydrogen) atoms. The first-order chi connectivity index (χ1) is 7.24. The molecule has 1 aromatic heterocycles. The third-order valence-corrected chi connectivity index (χ3v) is 1.64. The SMILES string of the molecule is CC(C=NCN)=NCC(=O)n1ccnc1. The van der Waals surface area contributed by atoms with Crippen LogP contribution in [0, 0.1) is 0 Å². The molecule has 2 N–H and O–H groups in total. The minimum absolute atomic E-state index is 0.0821. The van der Waals surface area contributed by atoms with Gasteiger partial charge in [-0.25, -0.2) is 4.98 Å². The van der Waals surface area contributed by atoms with E-state index in [2.05, 4.69) is 15.0 Å². The van der Waals surface area contributed by atoms with Gasteiger partial charge in [-0.1, -0.05) is 0 Å². The van der Waals surface area contributed by atoms with E-state index in [9.17, 15) is 4.79 Å². The van der Waals surface area contributed by atoms with E-state index in [-0.39, 0.29) is 19.1 Å². The van der Waals surface area contributed by atoms with Crippen molar-refractivity contribution in [3.63, 3.8) is 0 Å². The number of aliphatic imine (C=N–C) groups is 2. The number of nitrogens with two attached hydrogens (primary N) is 1. The Bertz CT molecular complexity index is 366. The molecular formula is C9H13N5O. The molecule has 0 fully saturated rings. The molecule has 0 amide bonds. The molecule has 0 aliphatic heterocycles. The van der Waals surface area contributed by atoms with E-state index >= 15 is 0 Å². The van der Waals surface area contributed by atoms with Crippen LogP contribution in [0.25, 0.3) is 0 Å². The number of aromatic nitrogens is 2. The summed E-state index contributed by atoms with van der Waals surface area (Å²) in [7, 11) is 0. The van der Waals surface area contributed by atoms with Gasteiger partial charge in [0.25, 0.3) is 5.91 Å². The van der Waals surface area contributed by atoms with Gasteiger partial charge in [-0.05, 0) is 6.92 Å². The van der Waals surface area contributed by atoms with Crippen molar-refractivity contribution in [3.8, 4) is 0 Å². The summed E-state index contributed by atoms with van der Waals surface area (Å²) in [5.41, 5.74) is 5.85. The van der Waals surface area contributed by atoms with Gasteiger partial charge in [0.2, 0.25) is 0 Å². The van der Waals surface area contributed by atoms with Crippen LogP contribution in [0.15, 0.2) is 28.7 Å². The van der Waals surface area contributed by atoms with Gasteiger partial charge in [0, 0.05) is 18.6 Å². The molecule has 6 nitrogen and oxygen atoms in total. The maximum Gasteiger partial charge on any atom is 0.253 e. The van der Waals surface area contributed by atoms with E-state index in [1.807, 2.05) is 0 Å². The number of carbonyl (C=O) groups is 1. The fourth-order valence-corrected chi connectivity index (χ4v) is 0.906. The zero-order valence-corrected chi connectivity index (χ0v) is 8.50. The van der Waals surface area contributed by atoms with Crippen LogP contribution in [-0.2, 0) is 0 Å². The molecule has 6 heteroatoms. The Morgan fingerprint density at radius 2 is 2.47 bits per heavy atom.